The summed E-state index contributed by atoms with van der Waals surface area (Å²) in [5.74, 6) is -0.763. The quantitative estimate of drug-likeness (QED) is 0.528. The fraction of sp³-hybridized carbons (Fsp3) is 0.750. The molecule has 0 heterocycles. The molecular weight excluding hydrogens is 248 g/mol. The van der Waals surface area contributed by atoms with Crippen LogP contribution in [0.2, 0.25) is 0 Å². The van der Waals surface area contributed by atoms with Gasteiger partial charge in [0, 0.05) is 6.61 Å². The number of halogens is 1. The van der Waals surface area contributed by atoms with Gasteiger partial charge in [0.15, 0.2) is 0 Å². The average molecular weight is 257 g/mol. The van der Waals surface area contributed by atoms with Gasteiger partial charge < -0.3 is 15.4 Å². The van der Waals surface area contributed by atoms with E-state index in [4.69, 9.17) is 15.4 Å². The summed E-state index contributed by atoms with van der Waals surface area (Å²) in [7, 11) is 0. The highest BCUT2D eigenvalue weighted by Crippen LogP contribution is 1.98. The Labute approximate surface area is 73.1 Å². The molecule has 0 spiro atoms. The number of primary amides is 1. The summed E-state index contributed by atoms with van der Waals surface area (Å²) >= 11 is 1.68. The second-order valence-corrected chi connectivity index (χ2v) is 2.99. The molecule has 0 aliphatic heterocycles. The number of hydrogen-bond acceptors (Lipinski definition) is 3. The van der Waals surface area contributed by atoms with E-state index in [9.17, 15) is 4.79 Å². The first-order chi connectivity index (χ1) is 4.54. The van der Waals surface area contributed by atoms with E-state index >= 15 is 0 Å². The Hall–Kier alpha value is 0.185. The number of hydrogen-bond donors (Lipinski definition) is 2. The molecule has 1 amide bonds. The molecule has 0 saturated heterocycles. The molecule has 0 aliphatic rings. The highest BCUT2D eigenvalue weighted by molar-refractivity contribution is 14.1. The third-order valence-electron chi connectivity index (χ3n) is 0.969. The first-order valence-electron chi connectivity index (χ1n) is 2.77. The number of carbonyl (C=O) groups is 1. The van der Waals surface area contributed by atoms with Crippen LogP contribution < -0.4 is 5.73 Å². The Balaban J connectivity index is 3.40. The van der Waals surface area contributed by atoms with Gasteiger partial charge in [-0.1, -0.05) is 29.3 Å². The first-order valence-corrected chi connectivity index (χ1v) is 4.01. The van der Waals surface area contributed by atoms with Crippen LogP contribution in [0.3, 0.4) is 0 Å². The Morgan fingerprint density at radius 1 is 2.00 bits per heavy atom. The van der Waals surface area contributed by atoms with Crippen molar-refractivity contribution >= 4 is 33.3 Å². The van der Waals surface area contributed by atoms with Crippen molar-refractivity contribution in [1.82, 2.24) is 0 Å². The van der Waals surface area contributed by atoms with Gasteiger partial charge in [0.05, 0.1) is 5.92 Å². The molecule has 0 aliphatic carbocycles. The van der Waals surface area contributed by atoms with Crippen LogP contribution in [0.5, 0.6) is 0 Å². The highest BCUT2D eigenvalue weighted by atomic mass is 127. The number of nitrogens with two attached hydrogens (primary N) is 1. The maximum absolute atomic E-state index is 10.4. The lowest BCUT2D eigenvalue weighted by atomic mass is 10.2. The molecule has 58 valence electrons. The molecule has 0 bridgehead atoms. The van der Waals surface area contributed by atoms with Gasteiger partial charge in [-0.15, -0.1) is 0 Å². The largest absolute Gasteiger partial charge is 0.529 e. The SMILES string of the molecule is CC(COB(O)I)C(N)=O. The molecule has 0 aromatic heterocycles. The topological polar surface area (TPSA) is 72.6 Å². The lowest BCUT2D eigenvalue weighted by Gasteiger charge is -2.06. The minimum absolute atomic E-state index is 0.166. The van der Waals surface area contributed by atoms with Gasteiger partial charge >= 0.3 is 4.97 Å². The minimum Gasteiger partial charge on any atom is -0.418 e. The zero-order chi connectivity index (χ0) is 8.15. The summed E-state index contributed by atoms with van der Waals surface area (Å²) in [6.45, 7) is 1.81. The average Bonchev–Trinajstić information content (AvgIpc) is 1.82. The van der Waals surface area contributed by atoms with Crippen molar-refractivity contribution in [2.45, 2.75) is 6.92 Å². The fourth-order valence-electron chi connectivity index (χ4n) is 0.306. The van der Waals surface area contributed by atoms with Crippen LogP contribution in [0.15, 0.2) is 0 Å². The molecule has 10 heavy (non-hydrogen) atoms. The summed E-state index contributed by atoms with van der Waals surface area (Å²) in [5, 5.41) is 8.60. The van der Waals surface area contributed by atoms with Gasteiger partial charge in [-0.05, 0) is 0 Å². The van der Waals surface area contributed by atoms with E-state index in [0.29, 0.717) is 0 Å². The Kier molecular flexibility index (Phi) is 5.01. The third kappa shape index (κ3) is 5.01. The number of amides is 1. The van der Waals surface area contributed by atoms with Crippen molar-refractivity contribution in [3.05, 3.63) is 0 Å². The van der Waals surface area contributed by atoms with Gasteiger partial charge in [-0.2, -0.15) is 0 Å². The van der Waals surface area contributed by atoms with E-state index in [1.165, 1.54) is 0 Å². The number of carbonyl (C=O) groups excluding carboxylic acids is 1. The van der Waals surface area contributed by atoms with E-state index < -0.39 is 10.9 Å². The van der Waals surface area contributed by atoms with Crippen LogP contribution in [0.25, 0.3) is 0 Å². The maximum Gasteiger partial charge on any atom is 0.529 e. The van der Waals surface area contributed by atoms with Crippen molar-refractivity contribution in [2.24, 2.45) is 11.7 Å². The number of rotatable bonds is 4. The van der Waals surface area contributed by atoms with Gasteiger partial charge in [-0.3, -0.25) is 4.79 Å². The van der Waals surface area contributed by atoms with E-state index in [2.05, 4.69) is 0 Å². The molecule has 1 unspecified atom stereocenters. The summed E-state index contributed by atoms with van der Waals surface area (Å²) in [6, 6.07) is 0. The first kappa shape index (κ1) is 10.2. The van der Waals surface area contributed by atoms with Crippen LogP contribution in [-0.2, 0) is 9.45 Å². The molecule has 6 heteroatoms. The van der Waals surface area contributed by atoms with Gasteiger partial charge in [0.25, 0.3) is 0 Å². The van der Waals surface area contributed by atoms with Gasteiger partial charge in [0.2, 0.25) is 5.91 Å². The van der Waals surface area contributed by atoms with Crippen LogP contribution in [-0.4, -0.2) is 22.5 Å². The van der Waals surface area contributed by atoms with Crippen LogP contribution in [0.1, 0.15) is 6.92 Å². The molecule has 0 aromatic rings. The molecule has 3 N–H and O–H groups in total. The second-order valence-electron chi connectivity index (χ2n) is 1.93. The van der Waals surface area contributed by atoms with Gasteiger partial charge in [0.1, 0.15) is 0 Å². The Morgan fingerprint density at radius 3 is 2.80 bits per heavy atom. The van der Waals surface area contributed by atoms with Crippen LogP contribution in [0.4, 0.5) is 0 Å². The summed E-state index contributed by atoms with van der Waals surface area (Å²) < 4.78 is 4.71. The zero-order valence-electron chi connectivity index (χ0n) is 5.58. The third-order valence-corrected chi connectivity index (χ3v) is 1.33. The van der Waals surface area contributed by atoms with Crippen LogP contribution in [0, 0.1) is 5.92 Å². The fourth-order valence-corrected chi connectivity index (χ4v) is 0.513. The van der Waals surface area contributed by atoms with Crippen molar-refractivity contribution in [3.8, 4) is 0 Å². The van der Waals surface area contributed by atoms with Crippen molar-refractivity contribution in [1.29, 1.82) is 0 Å². The summed E-state index contributed by atoms with van der Waals surface area (Å²) in [6.07, 6.45) is 0. The summed E-state index contributed by atoms with van der Waals surface area (Å²) in [4.78, 5) is 9.51. The minimum atomic E-state index is -0.862. The lowest BCUT2D eigenvalue weighted by molar-refractivity contribution is -0.122. The Bertz CT molecular complexity index is 121. The molecule has 0 aromatic carbocycles. The maximum atomic E-state index is 10.4. The molecule has 0 rings (SSSR count). The molecule has 0 saturated carbocycles. The van der Waals surface area contributed by atoms with E-state index in [1.807, 2.05) is 0 Å². The lowest BCUT2D eigenvalue weighted by Crippen LogP contribution is -2.26. The summed E-state index contributed by atoms with van der Waals surface area (Å²) in [5.41, 5.74) is 4.92. The second kappa shape index (κ2) is 4.92. The predicted octanol–water partition coefficient (Wildman–Crippen LogP) is -0.463. The molecular formula is C4H9BINO3. The predicted molar refractivity (Wildman–Crippen MR) is 46.3 cm³/mol. The van der Waals surface area contributed by atoms with Gasteiger partial charge in [-0.25, -0.2) is 0 Å². The highest BCUT2D eigenvalue weighted by Gasteiger charge is 2.12. The standard InChI is InChI=1S/C4H9BINO3/c1-3(4(7)8)2-10-5(6)9/h3,9H,2H2,1H3,(H2,7,8). The molecule has 1 atom stereocenters. The van der Waals surface area contributed by atoms with E-state index in [0.717, 1.165) is 0 Å². The van der Waals surface area contributed by atoms with E-state index in [1.54, 1.807) is 29.3 Å². The smallest absolute Gasteiger partial charge is 0.418 e. The zero-order valence-corrected chi connectivity index (χ0v) is 7.74. The molecule has 4 nitrogen and oxygen atoms in total. The normalized spacial score (nSPS) is 12.7. The molecule has 0 radical (unpaired) electrons. The Morgan fingerprint density at radius 2 is 2.50 bits per heavy atom. The monoisotopic (exact) mass is 257 g/mol. The molecule has 0 fully saturated rings. The van der Waals surface area contributed by atoms with Crippen molar-refractivity contribution in [2.75, 3.05) is 6.61 Å². The van der Waals surface area contributed by atoms with Crippen molar-refractivity contribution in [3.63, 3.8) is 0 Å². The van der Waals surface area contributed by atoms with Crippen LogP contribution >= 0.6 is 22.4 Å². The van der Waals surface area contributed by atoms with E-state index in [-0.39, 0.29) is 12.5 Å². The van der Waals surface area contributed by atoms with Crippen molar-refractivity contribution < 1.29 is 14.5 Å².